The molecule has 2 aromatic carbocycles. The number of carbonyl (C=O) groups excluding carboxylic acids is 2. The zero-order chi connectivity index (χ0) is 25.2. The highest BCUT2D eigenvalue weighted by atomic mass is 32.1. The summed E-state index contributed by atoms with van der Waals surface area (Å²) in [7, 11) is 1.70. The Hall–Kier alpha value is -3.92. The average molecular weight is 506 g/mol. The zero-order valence-corrected chi connectivity index (χ0v) is 20.6. The molecule has 2 bridgehead atoms. The number of benzene rings is 2. The van der Waals surface area contributed by atoms with Gasteiger partial charge in [0.25, 0.3) is 0 Å². The number of likely N-dealkylation sites (tertiary alicyclic amines) is 1. The Kier molecular flexibility index (Phi) is 6.60. The van der Waals surface area contributed by atoms with Crippen molar-refractivity contribution in [3.05, 3.63) is 77.2 Å². The van der Waals surface area contributed by atoms with Gasteiger partial charge >= 0.3 is 18.0 Å². The standard InChI is InChI=1S/C26H27N5O4S/c1-28(14-18-16-36-17-27-18)25(34)31-21-12-13-22(31)23(24(32)33)29(15-21)26(35)30(19-8-4-2-5-9-19)20-10-6-3-7-11-20/h2-11,16-17,21-23H,12-15H2,1H3,(H,32,33)/t21-,22+,23-/m0/s1. The van der Waals surface area contributed by atoms with Crippen molar-refractivity contribution in [2.45, 2.75) is 37.5 Å². The van der Waals surface area contributed by atoms with Crippen molar-refractivity contribution >= 4 is 40.7 Å². The van der Waals surface area contributed by atoms with E-state index < -0.39 is 24.1 Å². The van der Waals surface area contributed by atoms with Crippen LogP contribution in [-0.2, 0) is 11.3 Å². The topological polar surface area (TPSA) is 97.3 Å². The van der Waals surface area contributed by atoms with Crippen molar-refractivity contribution in [3.8, 4) is 0 Å². The highest BCUT2D eigenvalue weighted by molar-refractivity contribution is 7.07. The Bertz CT molecular complexity index is 1180. The predicted molar refractivity (Wildman–Crippen MR) is 136 cm³/mol. The lowest BCUT2D eigenvalue weighted by Gasteiger charge is -2.47. The second-order valence-corrected chi connectivity index (χ2v) is 9.77. The Morgan fingerprint density at radius 2 is 1.64 bits per heavy atom. The van der Waals surface area contributed by atoms with Crippen LogP contribution in [0, 0.1) is 0 Å². The van der Waals surface area contributed by atoms with Crippen LogP contribution in [0.3, 0.4) is 0 Å². The molecule has 0 radical (unpaired) electrons. The number of aromatic nitrogens is 1. The van der Waals surface area contributed by atoms with E-state index in [1.165, 1.54) is 16.2 Å². The SMILES string of the molecule is CN(Cc1cscn1)C(=O)N1[C@H]2CC[C@@H]1[C@@H](C(=O)O)N(C(=O)N(c1ccccc1)c1ccccc1)C2. The first-order valence-corrected chi connectivity index (χ1v) is 12.7. The average Bonchev–Trinajstić information content (AvgIpc) is 3.50. The number of aliphatic carboxylic acids is 1. The fourth-order valence-electron chi connectivity index (χ4n) is 5.22. The molecule has 2 aliphatic heterocycles. The van der Waals surface area contributed by atoms with Crippen molar-refractivity contribution in [2.75, 3.05) is 18.5 Å². The summed E-state index contributed by atoms with van der Waals surface area (Å²) in [4.78, 5) is 50.5. The summed E-state index contributed by atoms with van der Waals surface area (Å²) in [6.45, 7) is 0.493. The summed E-state index contributed by atoms with van der Waals surface area (Å²) in [5.74, 6) is -1.12. The third-order valence-corrected chi connectivity index (χ3v) is 7.44. The van der Waals surface area contributed by atoms with Gasteiger partial charge in [0.05, 0.1) is 41.2 Å². The fourth-order valence-corrected chi connectivity index (χ4v) is 5.77. The number of urea groups is 2. The van der Waals surface area contributed by atoms with Gasteiger partial charge in [-0.15, -0.1) is 11.3 Å². The summed E-state index contributed by atoms with van der Waals surface area (Å²) < 4.78 is 0. The lowest BCUT2D eigenvalue weighted by molar-refractivity contribution is -0.145. The number of anilines is 2. The number of nitrogens with zero attached hydrogens (tertiary/aromatic N) is 5. The van der Waals surface area contributed by atoms with Gasteiger partial charge in [0.1, 0.15) is 0 Å². The van der Waals surface area contributed by atoms with Crippen LogP contribution in [-0.4, -0.2) is 74.5 Å². The maximum atomic E-state index is 14.0. The van der Waals surface area contributed by atoms with Gasteiger partial charge in [-0.05, 0) is 37.1 Å². The van der Waals surface area contributed by atoms with Gasteiger partial charge in [-0.25, -0.2) is 19.4 Å². The van der Waals surface area contributed by atoms with E-state index in [4.69, 9.17) is 0 Å². The van der Waals surface area contributed by atoms with Crippen molar-refractivity contribution in [2.24, 2.45) is 0 Å². The molecule has 3 atom stereocenters. The van der Waals surface area contributed by atoms with E-state index in [1.807, 2.05) is 66.0 Å². The van der Waals surface area contributed by atoms with Crippen LogP contribution in [0.4, 0.5) is 21.0 Å². The highest BCUT2D eigenvalue weighted by Gasteiger charge is 2.54. The molecule has 0 spiro atoms. The van der Waals surface area contributed by atoms with Crippen LogP contribution in [0.1, 0.15) is 18.5 Å². The second kappa shape index (κ2) is 9.98. The van der Waals surface area contributed by atoms with Crippen molar-refractivity contribution in [1.29, 1.82) is 0 Å². The number of amides is 4. The maximum Gasteiger partial charge on any atom is 0.329 e. The van der Waals surface area contributed by atoms with E-state index in [0.717, 1.165) is 5.69 Å². The first-order valence-electron chi connectivity index (χ1n) is 11.8. The minimum absolute atomic E-state index is 0.152. The van der Waals surface area contributed by atoms with Gasteiger partial charge in [0.2, 0.25) is 0 Å². The smallest absolute Gasteiger partial charge is 0.329 e. The monoisotopic (exact) mass is 505 g/mol. The molecule has 1 N–H and O–H groups in total. The van der Waals surface area contributed by atoms with Gasteiger partial charge in [-0.2, -0.15) is 0 Å². The van der Waals surface area contributed by atoms with E-state index in [0.29, 0.717) is 30.8 Å². The van der Waals surface area contributed by atoms with Gasteiger partial charge in [-0.3, -0.25) is 4.90 Å². The number of rotatable bonds is 5. The molecule has 186 valence electrons. The van der Waals surface area contributed by atoms with Crippen LogP contribution < -0.4 is 4.90 Å². The Balaban J connectivity index is 1.44. The number of carbonyl (C=O) groups is 3. The summed E-state index contributed by atoms with van der Waals surface area (Å²) in [6, 6.07) is 15.7. The molecule has 2 aliphatic rings. The molecule has 10 heteroatoms. The molecular formula is C26H27N5O4S. The maximum absolute atomic E-state index is 14.0. The van der Waals surface area contributed by atoms with E-state index in [1.54, 1.807) is 27.3 Å². The molecular weight excluding hydrogens is 478 g/mol. The molecule has 4 amide bonds. The highest BCUT2D eigenvalue weighted by Crippen LogP contribution is 2.37. The molecule has 36 heavy (non-hydrogen) atoms. The molecule has 1 aromatic heterocycles. The van der Waals surface area contributed by atoms with Crippen LogP contribution >= 0.6 is 11.3 Å². The Labute approximate surface area is 213 Å². The third kappa shape index (κ3) is 4.39. The number of para-hydroxylation sites is 2. The molecule has 0 aliphatic carbocycles. The number of piperazine rings is 1. The van der Waals surface area contributed by atoms with Gasteiger partial charge < -0.3 is 19.8 Å². The minimum Gasteiger partial charge on any atom is -0.480 e. The van der Waals surface area contributed by atoms with Crippen LogP contribution in [0.2, 0.25) is 0 Å². The first kappa shape index (κ1) is 23.8. The lowest BCUT2D eigenvalue weighted by Crippen LogP contribution is -2.67. The number of carboxylic acid groups (broad SMARTS) is 1. The zero-order valence-electron chi connectivity index (χ0n) is 19.8. The summed E-state index contributed by atoms with van der Waals surface area (Å²) >= 11 is 1.46. The fraction of sp³-hybridized carbons (Fsp3) is 0.308. The van der Waals surface area contributed by atoms with Crippen molar-refractivity contribution in [3.63, 3.8) is 0 Å². The van der Waals surface area contributed by atoms with Gasteiger partial charge in [0.15, 0.2) is 6.04 Å². The molecule has 0 saturated carbocycles. The molecule has 3 aromatic rings. The summed E-state index contributed by atoms with van der Waals surface area (Å²) in [5, 5.41) is 12.2. The van der Waals surface area contributed by atoms with Crippen LogP contribution in [0.5, 0.6) is 0 Å². The number of carboxylic acids is 1. The van der Waals surface area contributed by atoms with Gasteiger partial charge in [-0.1, -0.05) is 36.4 Å². The molecule has 0 unspecified atom stereocenters. The largest absolute Gasteiger partial charge is 0.480 e. The quantitative estimate of drug-likeness (QED) is 0.559. The Morgan fingerprint density at radius 3 is 2.19 bits per heavy atom. The lowest BCUT2D eigenvalue weighted by atomic mass is 10.0. The van der Waals surface area contributed by atoms with Crippen LogP contribution in [0.15, 0.2) is 71.6 Å². The second-order valence-electron chi connectivity index (χ2n) is 9.05. The molecule has 2 saturated heterocycles. The van der Waals surface area contributed by atoms with Crippen molar-refractivity contribution in [1.82, 2.24) is 19.7 Å². The predicted octanol–water partition coefficient (Wildman–Crippen LogP) is 4.26. The molecule has 9 nitrogen and oxygen atoms in total. The first-order chi connectivity index (χ1) is 17.5. The normalized spacial score (nSPS) is 20.8. The van der Waals surface area contributed by atoms with E-state index >= 15 is 0 Å². The van der Waals surface area contributed by atoms with E-state index in [-0.39, 0.29) is 18.6 Å². The van der Waals surface area contributed by atoms with Crippen LogP contribution in [0.25, 0.3) is 0 Å². The number of fused-ring (bicyclic) bond motifs is 2. The van der Waals surface area contributed by atoms with E-state index in [2.05, 4.69) is 4.98 Å². The molecule has 3 heterocycles. The number of hydrogen-bond donors (Lipinski definition) is 1. The minimum atomic E-state index is -1.15. The van der Waals surface area contributed by atoms with Gasteiger partial charge in [0, 0.05) is 19.0 Å². The summed E-state index contributed by atoms with van der Waals surface area (Å²) in [5.41, 5.74) is 3.79. The Morgan fingerprint density at radius 1 is 1.00 bits per heavy atom. The molecule has 2 fully saturated rings. The number of hydrogen-bond acceptors (Lipinski definition) is 5. The van der Waals surface area contributed by atoms with E-state index in [9.17, 15) is 19.5 Å². The number of thiazole rings is 1. The van der Waals surface area contributed by atoms with Crippen molar-refractivity contribution < 1.29 is 19.5 Å². The molecule has 5 rings (SSSR count). The summed E-state index contributed by atoms with van der Waals surface area (Å²) in [6.07, 6.45) is 1.17. The third-order valence-electron chi connectivity index (χ3n) is 6.80.